The second-order valence-corrected chi connectivity index (χ2v) is 5.80. The Morgan fingerprint density at radius 2 is 1.52 bits per heavy atom. The number of methoxy groups -OCH3 is 1. The highest BCUT2D eigenvalue weighted by Gasteiger charge is 2.26. The van der Waals surface area contributed by atoms with E-state index in [9.17, 15) is 14.4 Å². The first-order valence-corrected chi connectivity index (χ1v) is 8.41. The number of hydrogen-bond donors (Lipinski definition) is 2. The van der Waals surface area contributed by atoms with Crippen LogP contribution in [0.3, 0.4) is 0 Å². The first-order valence-electron chi connectivity index (χ1n) is 8.41. The molecule has 0 spiro atoms. The van der Waals surface area contributed by atoms with Crippen LogP contribution < -0.4 is 10.6 Å². The Kier molecular flexibility index (Phi) is 7.37. The molecule has 2 unspecified atom stereocenters. The number of ether oxygens (including phenoxy) is 2. The second-order valence-electron chi connectivity index (χ2n) is 5.80. The lowest BCUT2D eigenvalue weighted by Crippen LogP contribution is -2.46. The summed E-state index contributed by atoms with van der Waals surface area (Å²) in [6.45, 7) is 1.58. The van der Waals surface area contributed by atoms with Gasteiger partial charge in [0, 0.05) is 0 Å². The van der Waals surface area contributed by atoms with Crippen molar-refractivity contribution in [3.05, 3.63) is 71.8 Å². The maximum absolute atomic E-state index is 12.6. The molecule has 0 saturated heterocycles. The summed E-state index contributed by atoms with van der Waals surface area (Å²) < 4.78 is 9.78. The molecule has 0 aromatic heterocycles. The molecule has 0 aliphatic heterocycles. The lowest BCUT2D eigenvalue weighted by Gasteiger charge is -2.20. The number of amides is 2. The molecule has 0 fully saturated rings. The summed E-state index contributed by atoms with van der Waals surface area (Å²) in [6, 6.07) is 16.0. The van der Waals surface area contributed by atoms with Crippen LogP contribution in [0.5, 0.6) is 0 Å². The maximum Gasteiger partial charge on any atom is 0.408 e. The van der Waals surface area contributed by atoms with Gasteiger partial charge in [-0.1, -0.05) is 60.7 Å². The van der Waals surface area contributed by atoms with Crippen molar-refractivity contribution in [2.24, 2.45) is 0 Å². The molecule has 2 rings (SSSR count). The molecule has 2 aromatic rings. The highest BCUT2D eigenvalue weighted by molar-refractivity contribution is 5.90. The Morgan fingerprint density at radius 3 is 2.11 bits per heavy atom. The summed E-state index contributed by atoms with van der Waals surface area (Å²) in [7, 11) is 1.23. The van der Waals surface area contributed by atoms with Crippen molar-refractivity contribution in [2.75, 3.05) is 7.11 Å². The van der Waals surface area contributed by atoms with Crippen LogP contribution in [0.2, 0.25) is 0 Å². The molecule has 2 amide bonds. The molecule has 0 radical (unpaired) electrons. The Bertz CT molecular complexity index is 764. The van der Waals surface area contributed by atoms with Crippen LogP contribution in [-0.2, 0) is 25.7 Å². The molecule has 2 atom stereocenters. The minimum Gasteiger partial charge on any atom is -0.467 e. The summed E-state index contributed by atoms with van der Waals surface area (Å²) >= 11 is 0. The number of carbonyl (C=O) groups excluding carboxylic acids is 3. The van der Waals surface area contributed by atoms with Gasteiger partial charge in [0.2, 0.25) is 5.91 Å². The van der Waals surface area contributed by atoms with E-state index < -0.39 is 30.1 Å². The van der Waals surface area contributed by atoms with Crippen molar-refractivity contribution in [3.63, 3.8) is 0 Å². The third kappa shape index (κ3) is 6.14. The fourth-order valence-electron chi connectivity index (χ4n) is 2.36. The van der Waals surface area contributed by atoms with Crippen molar-refractivity contribution in [1.82, 2.24) is 10.6 Å². The number of carbonyl (C=O) groups is 3. The summed E-state index contributed by atoms with van der Waals surface area (Å²) in [5, 5.41) is 5.06. The first-order chi connectivity index (χ1) is 13.0. The van der Waals surface area contributed by atoms with E-state index in [-0.39, 0.29) is 6.61 Å². The molecule has 0 bridgehead atoms. The van der Waals surface area contributed by atoms with E-state index in [1.54, 1.807) is 30.3 Å². The molecular weight excluding hydrogens is 348 g/mol. The van der Waals surface area contributed by atoms with Crippen LogP contribution >= 0.6 is 0 Å². The molecular formula is C20H22N2O5. The van der Waals surface area contributed by atoms with Crippen molar-refractivity contribution in [1.29, 1.82) is 0 Å². The van der Waals surface area contributed by atoms with Gasteiger partial charge in [0.1, 0.15) is 18.7 Å². The Hall–Kier alpha value is -3.35. The largest absolute Gasteiger partial charge is 0.467 e. The third-order valence-electron chi connectivity index (χ3n) is 3.78. The van der Waals surface area contributed by atoms with Crippen molar-refractivity contribution in [3.8, 4) is 0 Å². The van der Waals surface area contributed by atoms with Crippen molar-refractivity contribution < 1.29 is 23.9 Å². The zero-order valence-corrected chi connectivity index (χ0v) is 15.2. The summed E-state index contributed by atoms with van der Waals surface area (Å²) in [4.78, 5) is 36.3. The number of esters is 1. The van der Waals surface area contributed by atoms with Gasteiger partial charge in [0.15, 0.2) is 0 Å². The summed E-state index contributed by atoms with van der Waals surface area (Å²) in [6.07, 6.45) is -0.742. The molecule has 27 heavy (non-hydrogen) atoms. The molecule has 0 saturated carbocycles. The smallest absolute Gasteiger partial charge is 0.408 e. The van der Waals surface area contributed by atoms with Gasteiger partial charge in [-0.05, 0) is 18.1 Å². The predicted molar refractivity (Wildman–Crippen MR) is 98.6 cm³/mol. The van der Waals surface area contributed by atoms with E-state index in [4.69, 9.17) is 4.74 Å². The van der Waals surface area contributed by atoms with Crippen molar-refractivity contribution in [2.45, 2.75) is 25.6 Å². The maximum atomic E-state index is 12.6. The third-order valence-corrected chi connectivity index (χ3v) is 3.78. The molecule has 7 nitrogen and oxygen atoms in total. The van der Waals surface area contributed by atoms with Gasteiger partial charge in [-0.2, -0.15) is 0 Å². The highest BCUT2D eigenvalue weighted by Crippen LogP contribution is 2.14. The Labute approximate surface area is 157 Å². The minimum absolute atomic E-state index is 0.0777. The van der Waals surface area contributed by atoms with Gasteiger partial charge in [-0.25, -0.2) is 9.59 Å². The van der Waals surface area contributed by atoms with Crippen LogP contribution in [0.1, 0.15) is 24.1 Å². The zero-order valence-electron chi connectivity index (χ0n) is 15.2. The SMILES string of the molecule is COC(=O)C(C)NC(=O)C(NC(=O)OCc1ccccc1)c1ccccc1. The van der Waals surface area contributed by atoms with E-state index >= 15 is 0 Å². The normalized spacial score (nSPS) is 12.4. The van der Waals surface area contributed by atoms with Gasteiger partial charge in [-0.15, -0.1) is 0 Å². The second kappa shape index (κ2) is 9.96. The molecule has 2 N–H and O–H groups in total. The number of nitrogens with one attached hydrogen (secondary N) is 2. The minimum atomic E-state index is -1.01. The highest BCUT2D eigenvalue weighted by atomic mass is 16.5. The Balaban J connectivity index is 2.05. The molecule has 0 aliphatic rings. The van der Waals surface area contributed by atoms with Gasteiger partial charge < -0.3 is 20.1 Å². The first kappa shape index (κ1) is 20.0. The average molecular weight is 370 g/mol. The molecule has 0 aliphatic carbocycles. The molecule has 142 valence electrons. The monoisotopic (exact) mass is 370 g/mol. The lowest BCUT2D eigenvalue weighted by atomic mass is 10.1. The zero-order chi connectivity index (χ0) is 19.6. The van der Waals surface area contributed by atoms with Crippen LogP contribution in [0, 0.1) is 0 Å². The van der Waals surface area contributed by atoms with Crippen LogP contribution in [0.15, 0.2) is 60.7 Å². The van der Waals surface area contributed by atoms with Gasteiger partial charge in [0.25, 0.3) is 0 Å². The van der Waals surface area contributed by atoms with E-state index in [1.807, 2.05) is 30.3 Å². The van der Waals surface area contributed by atoms with Crippen LogP contribution in [0.25, 0.3) is 0 Å². The quantitative estimate of drug-likeness (QED) is 0.730. The van der Waals surface area contributed by atoms with Crippen molar-refractivity contribution >= 4 is 18.0 Å². The molecule has 0 heterocycles. The summed E-state index contributed by atoms with van der Waals surface area (Å²) in [5.41, 5.74) is 1.39. The predicted octanol–water partition coefficient (Wildman–Crippen LogP) is 2.33. The standard InChI is InChI=1S/C20H22N2O5/c1-14(19(24)26-2)21-18(23)17(16-11-7-4-8-12-16)22-20(25)27-13-15-9-5-3-6-10-15/h3-12,14,17H,13H2,1-2H3,(H,21,23)(H,22,25). The average Bonchev–Trinajstić information content (AvgIpc) is 2.71. The lowest BCUT2D eigenvalue weighted by molar-refractivity contribution is -0.144. The number of alkyl carbamates (subject to hydrolysis) is 1. The molecule has 2 aromatic carbocycles. The fraction of sp³-hybridized carbons (Fsp3) is 0.250. The van der Waals surface area contributed by atoms with Gasteiger partial charge >= 0.3 is 12.1 Å². The summed E-state index contributed by atoms with van der Waals surface area (Å²) in [5.74, 6) is -1.13. The number of rotatable bonds is 7. The van der Waals surface area contributed by atoms with Gasteiger partial charge in [0.05, 0.1) is 7.11 Å². The fourth-order valence-corrected chi connectivity index (χ4v) is 2.36. The number of hydrogen-bond acceptors (Lipinski definition) is 5. The van der Waals surface area contributed by atoms with Crippen LogP contribution in [0.4, 0.5) is 4.79 Å². The molecule has 7 heteroatoms. The number of benzene rings is 2. The van der Waals surface area contributed by atoms with Gasteiger partial charge in [-0.3, -0.25) is 4.79 Å². The van der Waals surface area contributed by atoms with Crippen LogP contribution in [-0.4, -0.2) is 31.1 Å². The van der Waals surface area contributed by atoms with E-state index in [0.29, 0.717) is 5.56 Å². The Morgan fingerprint density at radius 1 is 0.926 bits per heavy atom. The van der Waals surface area contributed by atoms with E-state index in [1.165, 1.54) is 14.0 Å². The van der Waals surface area contributed by atoms with E-state index in [0.717, 1.165) is 5.56 Å². The topological polar surface area (TPSA) is 93.7 Å². The van der Waals surface area contributed by atoms with E-state index in [2.05, 4.69) is 15.4 Å².